The summed E-state index contributed by atoms with van der Waals surface area (Å²) >= 11 is 1.09. The Morgan fingerprint density at radius 1 is 1.39 bits per heavy atom. The molecule has 2 rings (SSSR count). The Bertz CT molecular complexity index is 526. The summed E-state index contributed by atoms with van der Waals surface area (Å²) in [5.74, 6) is -0.229. The number of carbonyl (C=O) groups is 1. The van der Waals surface area contributed by atoms with Crippen LogP contribution in [0.1, 0.15) is 22.3 Å². The van der Waals surface area contributed by atoms with Crippen molar-refractivity contribution in [2.45, 2.75) is 19.4 Å². The zero-order valence-electron chi connectivity index (χ0n) is 9.96. The van der Waals surface area contributed by atoms with E-state index in [9.17, 15) is 4.79 Å². The lowest BCUT2D eigenvalue weighted by molar-refractivity contribution is 0.0939. The van der Waals surface area contributed by atoms with Crippen molar-refractivity contribution in [2.24, 2.45) is 0 Å². The molecule has 1 atom stereocenters. The minimum atomic E-state index is -0.229. The molecule has 0 aliphatic heterocycles. The van der Waals surface area contributed by atoms with Crippen molar-refractivity contribution in [1.29, 1.82) is 0 Å². The van der Waals surface area contributed by atoms with Crippen LogP contribution >= 0.6 is 11.3 Å². The number of nitrogens with one attached hydrogen (secondary N) is 1. The fraction of sp³-hybridized carbons (Fsp3) is 0.250. The molecule has 0 saturated carbocycles. The molecule has 1 heterocycles. The number of nitrogen functional groups attached to an aromatic ring is 1. The molecule has 18 heavy (non-hydrogen) atoms. The third-order valence-electron chi connectivity index (χ3n) is 2.40. The van der Waals surface area contributed by atoms with Crippen molar-refractivity contribution in [3.05, 3.63) is 40.9 Å². The number of hydrogen-bond donors (Lipinski definition) is 2. The minimum absolute atomic E-state index is 0.0324. The van der Waals surface area contributed by atoms with Gasteiger partial charge in [0.25, 0.3) is 5.91 Å². The molecular formula is C12H14N4OS. The van der Waals surface area contributed by atoms with Crippen molar-refractivity contribution in [3.63, 3.8) is 0 Å². The Hall–Kier alpha value is -1.95. The number of anilines is 1. The number of aromatic nitrogens is 2. The van der Waals surface area contributed by atoms with Gasteiger partial charge < -0.3 is 11.1 Å². The Morgan fingerprint density at radius 3 is 2.72 bits per heavy atom. The van der Waals surface area contributed by atoms with E-state index in [-0.39, 0.29) is 11.9 Å². The number of hydrogen-bond acceptors (Lipinski definition) is 5. The molecule has 0 aliphatic rings. The molecule has 0 saturated heterocycles. The van der Waals surface area contributed by atoms with Crippen LogP contribution in [0.3, 0.4) is 0 Å². The molecule has 3 N–H and O–H groups in total. The minimum Gasteiger partial charge on any atom is -0.374 e. The highest BCUT2D eigenvalue weighted by atomic mass is 32.1. The zero-order valence-corrected chi connectivity index (χ0v) is 10.8. The quantitative estimate of drug-likeness (QED) is 0.874. The van der Waals surface area contributed by atoms with Crippen molar-refractivity contribution >= 4 is 22.4 Å². The third kappa shape index (κ3) is 3.27. The Balaban J connectivity index is 1.92. The fourth-order valence-electron chi connectivity index (χ4n) is 1.63. The standard InChI is InChI=1S/C12H14N4OS/c1-8(7-9-5-3-2-4-6-9)14-10(17)11-15-16-12(13)18-11/h2-6,8H,7H2,1H3,(H2,13,16)(H,14,17). The van der Waals surface area contributed by atoms with E-state index in [0.717, 1.165) is 17.8 Å². The second kappa shape index (κ2) is 5.59. The molecule has 0 fully saturated rings. The van der Waals surface area contributed by atoms with Gasteiger partial charge in [0, 0.05) is 6.04 Å². The summed E-state index contributed by atoms with van der Waals surface area (Å²) in [7, 11) is 0. The van der Waals surface area contributed by atoms with Crippen molar-refractivity contribution < 1.29 is 4.79 Å². The summed E-state index contributed by atoms with van der Waals surface area (Å²) in [6, 6.07) is 10.0. The molecule has 0 bridgehead atoms. The topological polar surface area (TPSA) is 80.9 Å². The Kier molecular flexibility index (Phi) is 3.88. The van der Waals surface area contributed by atoms with E-state index >= 15 is 0 Å². The summed E-state index contributed by atoms with van der Waals surface area (Å²) in [6.07, 6.45) is 0.779. The van der Waals surface area contributed by atoms with Crippen LogP contribution in [0.2, 0.25) is 0 Å². The number of nitrogens with zero attached hydrogens (tertiary/aromatic N) is 2. The number of nitrogens with two attached hydrogens (primary N) is 1. The predicted octanol–water partition coefficient (Wildman–Crippen LogP) is 1.48. The molecule has 6 heteroatoms. The lowest BCUT2D eigenvalue weighted by Crippen LogP contribution is -2.34. The molecule has 0 radical (unpaired) electrons. The third-order valence-corrected chi connectivity index (χ3v) is 3.15. The molecule has 0 spiro atoms. The lowest BCUT2D eigenvalue weighted by atomic mass is 10.1. The van der Waals surface area contributed by atoms with E-state index in [1.54, 1.807) is 0 Å². The van der Waals surface area contributed by atoms with Crippen molar-refractivity contribution in [2.75, 3.05) is 5.73 Å². The van der Waals surface area contributed by atoms with Gasteiger partial charge in [-0.3, -0.25) is 4.79 Å². The molecule has 5 nitrogen and oxygen atoms in total. The van der Waals surface area contributed by atoms with E-state index in [2.05, 4.69) is 15.5 Å². The number of rotatable bonds is 4. The van der Waals surface area contributed by atoms with Gasteiger partial charge in [-0.1, -0.05) is 41.7 Å². The normalized spacial score (nSPS) is 12.1. The SMILES string of the molecule is CC(Cc1ccccc1)NC(=O)c1nnc(N)s1. The predicted molar refractivity (Wildman–Crippen MR) is 71.4 cm³/mol. The van der Waals surface area contributed by atoms with Crippen LogP contribution < -0.4 is 11.1 Å². The van der Waals surface area contributed by atoms with Gasteiger partial charge in [0.05, 0.1) is 0 Å². The average Bonchev–Trinajstić information content (AvgIpc) is 2.77. The maximum Gasteiger partial charge on any atom is 0.282 e. The molecule has 2 aromatic rings. The summed E-state index contributed by atoms with van der Waals surface area (Å²) in [6.45, 7) is 1.95. The molecular weight excluding hydrogens is 248 g/mol. The van der Waals surface area contributed by atoms with Gasteiger partial charge in [-0.25, -0.2) is 0 Å². The van der Waals surface area contributed by atoms with E-state index in [0.29, 0.717) is 10.1 Å². The lowest BCUT2D eigenvalue weighted by Gasteiger charge is -2.12. The molecule has 1 aromatic heterocycles. The fourth-order valence-corrected chi connectivity index (χ4v) is 2.14. The van der Waals surface area contributed by atoms with Crippen molar-refractivity contribution in [1.82, 2.24) is 15.5 Å². The first-order chi connectivity index (χ1) is 8.65. The molecule has 0 aliphatic carbocycles. The second-order valence-corrected chi connectivity index (χ2v) is 5.02. The molecule has 1 unspecified atom stereocenters. The van der Waals surface area contributed by atoms with E-state index in [4.69, 9.17) is 5.73 Å². The molecule has 94 valence electrons. The van der Waals surface area contributed by atoms with E-state index < -0.39 is 0 Å². The summed E-state index contributed by atoms with van der Waals surface area (Å²) in [5, 5.41) is 10.8. The van der Waals surface area contributed by atoms with Gasteiger partial charge in [0.15, 0.2) is 0 Å². The highest BCUT2D eigenvalue weighted by molar-refractivity contribution is 7.16. The van der Waals surface area contributed by atoms with E-state index in [1.165, 1.54) is 5.56 Å². The second-order valence-electron chi connectivity index (χ2n) is 4.01. The van der Waals surface area contributed by atoms with Crippen LogP contribution in [0.5, 0.6) is 0 Å². The van der Waals surface area contributed by atoms with Gasteiger partial charge in [-0.05, 0) is 18.9 Å². The summed E-state index contributed by atoms with van der Waals surface area (Å²) in [5.41, 5.74) is 6.62. The van der Waals surface area contributed by atoms with Crippen LogP contribution in [-0.2, 0) is 6.42 Å². The Labute approximate surface area is 109 Å². The van der Waals surface area contributed by atoms with Crippen LogP contribution in [0.4, 0.5) is 5.13 Å². The monoisotopic (exact) mass is 262 g/mol. The molecule has 1 aromatic carbocycles. The van der Waals surface area contributed by atoms with Gasteiger partial charge >= 0.3 is 0 Å². The highest BCUT2D eigenvalue weighted by Crippen LogP contribution is 2.11. The van der Waals surface area contributed by atoms with Gasteiger partial charge in [0.2, 0.25) is 10.1 Å². The molecule has 1 amide bonds. The van der Waals surface area contributed by atoms with Crippen molar-refractivity contribution in [3.8, 4) is 0 Å². The smallest absolute Gasteiger partial charge is 0.282 e. The van der Waals surface area contributed by atoms with Gasteiger partial charge in [-0.15, -0.1) is 10.2 Å². The average molecular weight is 262 g/mol. The number of benzene rings is 1. The number of amides is 1. The maximum absolute atomic E-state index is 11.8. The van der Waals surface area contributed by atoms with Gasteiger partial charge in [-0.2, -0.15) is 0 Å². The zero-order chi connectivity index (χ0) is 13.0. The number of carbonyl (C=O) groups excluding carboxylic acids is 1. The Morgan fingerprint density at radius 2 is 2.11 bits per heavy atom. The van der Waals surface area contributed by atoms with Crippen LogP contribution in [-0.4, -0.2) is 22.1 Å². The highest BCUT2D eigenvalue weighted by Gasteiger charge is 2.14. The first-order valence-corrected chi connectivity index (χ1v) is 6.40. The first-order valence-electron chi connectivity index (χ1n) is 5.59. The van der Waals surface area contributed by atoms with Crippen LogP contribution in [0, 0.1) is 0 Å². The largest absolute Gasteiger partial charge is 0.374 e. The summed E-state index contributed by atoms with van der Waals surface area (Å²) in [4.78, 5) is 11.8. The van der Waals surface area contributed by atoms with E-state index in [1.807, 2.05) is 37.3 Å². The summed E-state index contributed by atoms with van der Waals surface area (Å²) < 4.78 is 0. The first kappa shape index (κ1) is 12.5. The van der Waals surface area contributed by atoms with Gasteiger partial charge in [0.1, 0.15) is 0 Å². The van der Waals surface area contributed by atoms with Crippen LogP contribution in [0.15, 0.2) is 30.3 Å². The maximum atomic E-state index is 11.8. The van der Waals surface area contributed by atoms with Crippen LogP contribution in [0.25, 0.3) is 0 Å².